The Bertz CT molecular complexity index is 383. The van der Waals surface area contributed by atoms with Crippen LogP contribution in [-0.4, -0.2) is 6.08 Å². The second-order valence-electron chi connectivity index (χ2n) is 2.67. The number of benzene rings is 1. The van der Waals surface area contributed by atoms with Crippen LogP contribution in [0.3, 0.4) is 0 Å². The van der Waals surface area contributed by atoms with E-state index in [0.717, 1.165) is 11.1 Å². The molecular weight excluding hydrogens is 162 g/mol. The molecule has 1 atom stereocenters. The van der Waals surface area contributed by atoms with Crippen molar-refractivity contribution in [2.75, 3.05) is 0 Å². The van der Waals surface area contributed by atoms with E-state index >= 15 is 0 Å². The molecule has 13 heavy (non-hydrogen) atoms. The number of nitrogens with zero attached hydrogens (tertiary/aromatic N) is 1. The van der Waals surface area contributed by atoms with E-state index in [9.17, 15) is 4.79 Å². The van der Waals surface area contributed by atoms with Crippen LogP contribution in [0.2, 0.25) is 0 Å². The van der Waals surface area contributed by atoms with Crippen LogP contribution in [-0.2, 0) is 4.79 Å². The van der Waals surface area contributed by atoms with Crippen molar-refractivity contribution >= 4 is 6.08 Å². The topological polar surface area (TPSA) is 29.4 Å². The molecule has 1 aromatic rings. The molecule has 0 aliphatic carbocycles. The van der Waals surface area contributed by atoms with Crippen molar-refractivity contribution in [2.45, 2.75) is 13.0 Å². The van der Waals surface area contributed by atoms with Gasteiger partial charge in [0.05, 0.1) is 6.04 Å². The van der Waals surface area contributed by atoms with E-state index in [-0.39, 0.29) is 6.04 Å². The van der Waals surface area contributed by atoms with E-state index in [1.165, 1.54) is 6.08 Å². The summed E-state index contributed by atoms with van der Waals surface area (Å²) in [5.41, 5.74) is 1.73. The van der Waals surface area contributed by atoms with Crippen molar-refractivity contribution in [2.24, 2.45) is 4.99 Å². The third kappa shape index (κ3) is 2.30. The van der Waals surface area contributed by atoms with Gasteiger partial charge in [0.2, 0.25) is 6.08 Å². The minimum Gasteiger partial charge on any atom is -0.211 e. The molecule has 2 heteroatoms. The standard InChI is InChI=1S/C11H9NO/c1-3-10-5-4-6-11(7-10)9(2)12-8-13/h1,4-7,9H,2H3. The molecule has 0 aliphatic heterocycles. The summed E-state index contributed by atoms with van der Waals surface area (Å²) in [7, 11) is 0. The van der Waals surface area contributed by atoms with Gasteiger partial charge in [-0.1, -0.05) is 18.1 Å². The zero-order valence-electron chi connectivity index (χ0n) is 7.32. The lowest BCUT2D eigenvalue weighted by atomic mass is 10.1. The van der Waals surface area contributed by atoms with Gasteiger partial charge in [-0.05, 0) is 24.6 Å². The van der Waals surface area contributed by atoms with E-state index in [0.29, 0.717) is 0 Å². The minimum atomic E-state index is -0.175. The van der Waals surface area contributed by atoms with Crippen LogP contribution < -0.4 is 0 Å². The molecule has 64 valence electrons. The van der Waals surface area contributed by atoms with Gasteiger partial charge >= 0.3 is 0 Å². The number of hydrogen-bond donors (Lipinski definition) is 0. The highest BCUT2D eigenvalue weighted by molar-refractivity contribution is 5.39. The summed E-state index contributed by atoms with van der Waals surface area (Å²) < 4.78 is 0. The molecule has 2 nitrogen and oxygen atoms in total. The number of terminal acetylenes is 1. The number of carbonyl (C=O) groups excluding carboxylic acids is 1. The molecule has 0 N–H and O–H groups in total. The van der Waals surface area contributed by atoms with Crippen molar-refractivity contribution in [1.82, 2.24) is 0 Å². The Kier molecular flexibility index (Phi) is 3.03. The summed E-state index contributed by atoms with van der Waals surface area (Å²) in [5, 5.41) is 0. The molecule has 0 radical (unpaired) electrons. The summed E-state index contributed by atoms with van der Waals surface area (Å²) in [6, 6.07) is 7.23. The van der Waals surface area contributed by atoms with Crippen molar-refractivity contribution in [3.05, 3.63) is 35.4 Å². The average Bonchev–Trinajstić information content (AvgIpc) is 2.18. The van der Waals surface area contributed by atoms with Crippen LogP contribution in [0.15, 0.2) is 29.3 Å². The molecule has 1 aromatic carbocycles. The van der Waals surface area contributed by atoms with Crippen LogP contribution in [0.1, 0.15) is 24.1 Å². The highest BCUT2D eigenvalue weighted by atomic mass is 16.1. The van der Waals surface area contributed by atoms with E-state index in [2.05, 4.69) is 10.9 Å². The Hall–Kier alpha value is -1.84. The molecule has 0 aliphatic rings. The number of aliphatic imine (C=N–C) groups is 1. The maximum Gasteiger partial charge on any atom is 0.235 e. The molecule has 1 unspecified atom stereocenters. The SMILES string of the molecule is C#Cc1cccc(C(C)N=C=O)c1. The Morgan fingerprint density at radius 1 is 1.54 bits per heavy atom. The molecule has 1 rings (SSSR count). The molecule has 0 heterocycles. The van der Waals surface area contributed by atoms with Gasteiger partial charge in [-0.25, -0.2) is 4.79 Å². The lowest BCUT2D eigenvalue weighted by molar-refractivity contribution is 0.559. The van der Waals surface area contributed by atoms with E-state index in [1.807, 2.05) is 31.2 Å². The largest absolute Gasteiger partial charge is 0.235 e. The van der Waals surface area contributed by atoms with Crippen molar-refractivity contribution < 1.29 is 4.79 Å². The smallest absolute Gasteiger partial charge is 0.211 e. The van der Waals surface area contributed by atoms with Gasteiger partial charge in [0.15, 0.2) is 0 Å². The van der Waals surface area contributed by atoms with Gasteiger partial charge in [0, 0.05) is 5.56 Å². The number of isocyanates is 1. The Morgan fingerprint density at radius 3 is 2.92 bits per heavy atom. The van der Waals surface area contributed by atoms with Gasteiger partial charge in [-0.2, -0.15) is 4.99 Å². The second-order valence-corrected chi connectivity index (χ2v) is 2.67. The summed E-state index contributed by atoms with van der Waals surface area (Å²) in [5.74, 6) is 2.52. The lowest BCUT2D eigenvalue weighted by Crippen LogP contribution is -1.89. The minimum absolute atomic E-state index is 0.175. The zero-order chi connectivity index (χ0) is 9.68. The average molecular weight is 171 g/mol. The maximum atomic E-state index is 10.0. The highest BCUT2D eigenvalue weighted by Crippen LogP contribution is 2.16. The third-order valence-corrected chi connectivity index (χ3v) is 1.78. The monoisotopic (exact) mass is 171 g/mol. The van der Waals surface area contributed by atoms with Gasteiger partial charge in [0.25, 0.3) is 0 Å². The molecular formula is C11H9NO. The third-order valence-electron chi connectivity index (χ3n) is 1.78. The van der Waals surface area contributed by atoms with Crippen LogP contribution in [0.5, 0.6) is 0 Å². The first-order chi connectivity index (χ1) is 6.27. The predicted molar refractivity (Wildman–Crippen MR) is 50.9 cm³/mol. The summed E-state index contributed by atoms with van der Waals surface area (Å²) in [6.07, 6.45) is 6.76. The quantitative estimate of drug-likeness (QED) is 0.380. The van der Waals surface area contributed by atoms with E-state index in [4.69, 9.17) is 6.42 Å². The van der Waals surface area contributed by atoms with Crippen LogP contribution in [0, 0.1) is 12.3 Å². The molecule has 0 bridgehead atoms. The Labute approximate surface area is 77.3 Å². The van der Waals surface area contributed by atoms with Crippen LogP contribution >= 0.6 is 0 Å². The summed E-state index contributed by atoms with van der Waals surface area (Å²) in [6.45, 7) is 1.82. The highest BCUT2D eigenvalue weighted by Gasteiger charge is 2.02. The molecule has 0 saturated heterocycles. The second kappa shape index (κ2) is 4.25. The van der Waals surface area contributed by atoms with E-state index < -0.39 is 0 Å². The fraction of sp³-hybridized carbons (Fsp3) is 0.182. The maximum absolute atomic E-state index is 10.0. The molecule has 0 fully saturated rings. The number of rotatable bonds is 2. The van der Waals surface area contributed by atoms with Crippen molar-refractivity contribution in [3.8, 4) is 12.3 Å². The zero-order valence-corrected chi connectivity index (χ0v) is 7.32. The van der Waals surface area contributed by atoms with Crippen molar-refractivity contribution in [3.63, 3.8) is 0 Å². The summed E-state index contributed by atoms with van der Waals surface area (Å²) >= 11 is 0. The van der Waals surface area contributed by atoms with Crippen LogP contribution in [0.4, 0.5) is 0 Å². The predicted octanol–water partition coefficient (Wildman–Crippen LogP) is 2.06. The fourth-order valence-electron chi connectivity index (χ4n) is 1.04. The summed E-state index contributed by atoms with van der Waals surface area (Å²) in [4.78, 5) is 13.6. The fourth-order valence-corrected chi connectivity index (χ4v) is 1.04. The first kappa shape index (κ1) is 9.25. The van der Waals surface area contributed by atoms with Gasteiger partial charge in [-0.15, -0.1) is 6.42 Å². The number of hydrogen-bond acceptors (Lipinski definition) is 2. The van der Waals surface area contributed by atoms with Gasteiger partial charge in [0.1, 0.15) is 0 Å². The normalized spacial score (nSPS) is 11.1. The Morgan fingerprint density at radius 2 is 2.31 bits per heavy atom. The van der Waals surface area contributed by atoms with Gasteiger partial charge in [-0.3, -0.25) is 0 Å². The van der Waals surface area contributed by atoms with Crippen molar-refractivity contribution in [1.29, 1.82) is 0 Å². The lowest BCUT2D eigenvalue weighted by Gasteiger charge is -2.03. The molecule has 0 aromatic heterocycles. The van der Waals surface area contributed by atoms with Crippen LogP contribution in [0.25, 0.3) is 0 Å². The molecule has 0 amide bonds. The molecule has 0 saturated carbocycles. The molecule has 0 spiro atoms. The first-order valence-electron chi connectivity index (χ1n) is 3.91. The Balaban J connectivity index is 3.02. The van der Waals surface area contributed by atoms with E-state index in [1.54, 1.807) is 0 Å². The first-order valence-corrected chi connectivity index (χ1v) is 3.91. The van der Waals surface area contributed by atoms with Gasteiger partial charge < -0.3 is 0 Å².